The third-order valence-corrected chi connectivity index (χ3v) is 3.65. The molecule has 0 unspecified atom stereocenters. The minimum absolute atomic E-state index is 0.507. The number of nitrogens with two attached hydrogens (primary N) is 1. The Morgan fingerprint density at radius 2 is 1.76 bits per heavy atom. The molecule has 3 rings (SSSR count). The standard InChI is InChI=1S/C15H19N5O/c1-21-13-5-3-2-4-12(13)19-8-10-20(11-9-19)15-17-7-6-14(16)18-15/h2-7H,8-11H2,1H3,(H2,16,17,18). The van der Waals surface area contributed by atoms with Crippen LogP contribution in [0.25, 0.3) is 0 Å². The van der Waals surface area contributed by atoms with Crippen LogP contribution < -0.4 is 20.3 Å². The molecule has 1 aliphatic rings. The monoisotopic (exact) mass is 285 g/mol. The van der Waals surface area contributed by atoms with E-state index in [1.54, 1.807) is 19.4 Å². The van der Waals surface area contributed by atoms with Crippen LogP contribution in [0.15, 0.2) is 36.5 Å². The van der Waals surface area contributed by atoms with Gasteiger partial charge >= 0.3 is 0 Å². The number of anilines is 3. The minimum atomic E-state index is 0.507. The van der Waals surface area contributed by atoms with Crippen molar-refractivity contribution in [2.75, 3.05) is 48.8 Å². The number of ether oxygens (including phenoxy) is 1. The molecule has 0 bridgehead atoms. The van der Waals surface area contributed by atoms with E-state index in [-0.39, 0.29) is 0 Å². The van der Waals surface area contributed by atoms with Gasteiger partial charge in [-0.15, -0.1) is 0 Å². The molecule has 1 aromatic heterocycles. The number of hydrogen-bond donors (Lipinski definition) is 1. The van der Waals surface area contributed by atoms with Crippen molar-refractivity contribution < 1.29 is 4.74 Å². The highest BCUT2D eigenvalue weighted by Gasteiger charge is 2.21. The number of nitrogens with zero attached hydrogens (tertiary/aromatic N) is 4. The first-order valence-corrected chi connectivity index (χ1v) is 6.99. The van der Waals surface area contributed by atoms with Gasteiger partial charge in [0.25, 0.3) is 0 Å². The van der Waals surface area contributed by atoms with Gasteiger partial charge in [0.05, 0.1) is 12.8 Å². The number of methoxy groups -OCH3 is 1. The number of nitrogen functional groups attached to an aromatic ring is 1. The second kappa shape index (κ2) is 5.87. The van der Waals surface area contributed by atoms with Gasteiger partial charge < -0.3 is 20.3 Å². The van der Waals surface area contributed by atoms with Gasteiger partial charge in [-0.2, -0.15) is 4.98 Å². The molecule has 2 heterocycles. The number of para-hydroxylation sites is 2. The summed E-state index contributed by atoms with van der Waals surface area (Å²) in [6.07, 6.45) is 1.70. The van der Waals surface area contributed by atoms with E-state index in [2.05, 4.69) is 25.8 Å². The Hall–Kier alpha value is -2.50. The molecule has 110 valence electrons. The molecule has 0 spiro atoms. The summed E-state index contributed by atoms with van der Waals surface area (Å²) >= 11 is 0. The lowest BCUT2D eigenvalue weighted by atomic mass is 10.2. The minimum Gasteiger partial charge on any atom is -0.495 e. The van der Waals surface area contributed by atoms with Crippen molar-refractivity contribution in [3.8, 4) is 5.75 Å². The fourth-order valence-electron chi connectivity index (χ4n) is 2.55. The third-order valence-electron chi connectivity index (χ3n) is 3.65. The number of rotatable bonds is 3. The van der Waals surface area contributed by atoms with E-state index in [0.717, 1.165) is 37.6 Å². The summed E-state index contributed by atoms with van der Waals surface area (Å²) in [6.45, 7) is 3.53. The molecule has 1 aromatic carbocycles. The highest BCUT2D eigenvalue weighted by atomic mass is 16.5. The average Bonchev–Trinajstić information content (AvgIpc) is 2.55. The number of benzene rings is 1. The Balaban J connectivity index is 1.70. The third kappa shape index (κ3) is 2.84. The summed E-state index contributed by atoms with van der Waals surface area (Å²) in [7, 11) is 1.70. The lowest BCUT2D eigenvalue weighted by Crippen LogP contribution is -2.47. The van der Waals surface area contributed by atoms with Crippen molar-refractivity contribution >= 4 is 17.5 Å². The zero-order valence-electron chi connectivity index (χ0n) is 12.1. The molecule has 0 aliphatic carbocycles. The van der Waals surface area contributed by atoms with E-state index >= 15 is 0 Å². The van der Waals surface area contributed by atoms with Crippen LogP contribution in [0.4, 0.5) is 17.5 Å². The molecule has 0 saturated carbocycles. The second-order valence-corrected chi connectivity index (χ2v) is 4.93. The van der Waals surface area contributed by atoms with Gasteiger partial charge in [-0.25, -0.2) is 4.98 Å². The first-order chi connectivity index (χ1) is 10.3. The zero-order chi connectivity index (χ0) is 14.7. The van der Waals surface area contributed by atoms with E-state index in [9.17, 15) is 0 Å². The Morgan fingerprint density at radius 1 is 1.05 bits per heavy atom. The maximum absolute atomic E-state index is 5.72. The quantitative estimate of drug-likeness (QED) is 0.919. The lowest BCUT2D eigenvalue weighted by Gasteiger charge is -2.36. The maximum atomic E-state index is 5.72. The Kier molecular flexibility index (Phi) is 3.77. The number of piperazine rings is 1. The zero-order valence-corrected chi connectivity index (χ0v) is 12.1. The smallest absolute Gasteiger partial charge is 0.227 e. The van der Waals surface area contributed by atoms with Crippen LogP contribution in [0.5, 0.6) is 5.75 Å². The average molecular weight is 285 g/mol. The lowest BCUT2D eigenvalue weighted by molar-refractivity contribution is 0.413. The van der Waals surface area contributed by atoms with Gasteiger partial charge in [-0.3, -0.25) is 0 Å². The summed E-state index contributed by atoms with van der Waals surface area (Å²) < 4.78 is 5.43. The molecule has 2 aromatic rings. The number of aromatic nitrogens is 2. The second-order valence-electron chi connectivity index (χ2n) is 4.93. The molecular formula is C15H19N5O. The first-order valence-electron chi connectivity index (χ1n) is 6.99. The molecule has 0 amide bonds. The predicted molar refractivity (Wildman–Crippen MR) is 83.9 cm³/mol. The summed E-state index contributed by atoms with van der Waals surface area (Å²) in [5.41, 5.74) is 6.85. The molecular weight excluding hydrogens is 266 g/mol. The van der Waals surface area contributed by atoms with Crippen LogP contribution in [0.1, 0.15) is 0 Å². The van der Waals surface area contributed by atoms with Crippen LogP contribution in [-0.4, -0.2) is 43.3 Å². The van der Waals surface area contributed by atoms with Gasteiger partial charge in [0.2, 0.25) is 5.95 Å². The largest absolute Gasteiger partial charge is 0.495 e. The van der Waals surface area contributed by atoms with E-state index in [1.165, 1.54) is 0 Å². The van der Waals surface area contributed by atoms with Crippen molar-refractivity contribution in [3.05, 3.63) is 36.5 Å². The van der Waals surface area contributed by atoms with Crippen molar-refractivity contribution in [3.63, 3.8) is 0 Å². The van der Waals surface area contributed by atoms with Crippen LogP contribution in [0.3, 0.4) is 0 Å². The predicted octanol–water partition coefficient (Wildman–Crippen LogP) is 1.39. The van der Waals surface area contributed by atoms with Gasteiger partial charge in [-0.1, -0.05) is 12.1 Å². The highest BCUT2D eigenvalue weighted by molar-refractivity contribution is 5.59. The van der Waals surface area contributed by atoms with Crippen molar-refractivity contribution in [1.82, 2.24) is 9.97 Å². The van der Waals surface area contributed by atoms with E-state index in [1.807, 2.05) is 18.2 Å². The van der Waals surface area contributed by atoms with Crippen molar-refractivity contribution in [1.29, 1.82) is 0 Å². The van der Waals surface area contributed by atoms with Gasteiger partial charge in [0, 0.05) is 32.4 Å². The van der Waals surface area contributed by atoms with Crippen LogP contribution >= 0.6 is 0 Å². The molecule has 1 saturated heterocycles. The fourth-order valence-corrected chi connectivity index (χ4v) is 2.55. The molecule has 21 heavy (non-hydrogen) atoms. The molecule has 1 fully saturated rings. The SMILES string of the molecule is COc1ccccc1N1CCN(c2nccc(N)n2)CC1. The van der Waals surface area contributed by atoms with Crippen LogP contribution in [0, 0.1) is 0 Å². The van der Waals surface area contributed by atoms with E-state index in [0.29, 0.717) is 11.8 Å². The summed E-state index contributed by atoms with van der Waals surface area (Å²) in [5, 5.41) is 0. The highest BCUT2D eigenvalue weighted by Crippen LogP contribution is 2.28. The first kappa shape index (κ1) is 13.5. The Bertz CT molecular complexity index is 611. The maximum Gasteiger partial charge on any atom is 0.227 e. The van der Waals surface area contributed by atoms with Crippen LogP contribution in [-0.2, 0) is 0 Å². The Labute approximate surface area is 124 Å². The van der Waals surface area contributed by atoms with E-state index in [4.69, 9.17) is 10.5 Å². The summed E-state index contributed by atoms with van der Waals surface area (Å²) in [6, 6.07) is 9.80. The summed E-state index contributed by atoms with van der Waals surface area (Å²) in [4.78, 5) is 13.0. The van der Waals surface area contributed by atoms with Gasteiger partial charge in [-0.05, 0) is 18.2 Å². The topological polar surface area (TPSA) is 67.5 Å². The molecule has 0 atom stereocenters. The fraction of sp³-hybridized carbons (Fsp3) is 0.333. The van der Waals surface area contributed by atoms with Crippen molar-refractivity contribution in [2.45, 2.75) is 0 Å². The van der Waals surface area contributed by atoms with Crippen LogP contribution in [0.2, 0.25) is 0 Å². The van der Waals surface area contributed by atoms with Crippen molar-refractivity contribution in [2.24, 2.45) is 0 Å². The normalized spacial score (nSPS) is 15.1. The molecule has 6 nitrogen and oxygen atoms in total. The van der Waals surface area contributed by atoms with Gasteiger partial charge in [0.15, 0.2) is 0 Å². The van der Waals surface area contributed by atoms with E-state index < -0.39 is 0 Å². The Morgan fingerprint density at radius 3 is 2.48 bits per heavy atom. The molecule has 6 heteroatoms. The molecule has 2 N–H and O–H groups in total. The molecule has 0 radical (unpaired) electrons. The summed E-state index contributed by atoms with van der Waals surface area (Å²) in [5.74, 6) is 2.12. The van der Waals surface area contributed by atoms with Gasteiger partial charge in [0.1, 0.15) is 11.6 Å². The number of hydrogen-bond acceptors (Lipinski definition) is 6. The molecule has 1 aliphatic heterocycles.